The molecule has 0 amide bonds. The Balaban J connectivity index is 1.98. The molecule has 19 heavy (non-hydrogen) atoms. The molecule has 1 unspecified atom stereocenters. The molecule has 2 rings (SSSR count). The molecule has 1 saturated heterocycles. The van der Waals surface area contributed by atoms with Gasteiger partial charge in [-0.15, -0.1) is 11.6 Å². The number of methoxy groups -OCH3 is 1. The lowest BCUT2D eigenvalue weighted by Crippen LogP contribution is -2.24. The molecule has 3 nitrogen and oxygen atoms in total. The van der Waals surface area contributed by atoms with Crippen molar-refractivity contribution in [3.8, 4) is 11.5 Å². The van der Waals surface area contributed by atoms with Crippen molar-refractivity contribution in [2.45, 2.75) is 44.3 Å². The number of hydrogen-bond acceptors (Lipinski definition) is 3. The molecule has 106 valence electrons. The van der Waals surface area contributed by atoms with Gasteiger partial charge in [-0.2, -0.15) is 0 Å². The number of benzene rings is 1. The second-order valence-corrected chi connectivity index (χ2v) is 5.74. The average Bonchev–Trinajstić information content (AvgIpc) is 2.75. The molecule has 4 heteroatoms. The van der Waals surface area contributed by atoms with Gasteiger partial charge in [-0.05, 0) is 44.4 Å². The fourth-order valence-corrected chi connectivity index (χ4v) is 2.46. The van der Waals surface area contributed by atoms with E-state index in [2.05, 4.69) is 13.8 Å². The highest BCUT2D eigenvalue weighted by molar-refractivity contribution is 6.17. The van der Waals surface area contributed by atoms with Gasteiger partial charge in [-0.3, -0.25) is 0 Å². The van der Waals surface area contributed by atoms with Crippen LogP contribution in [0.25, 0.3) is 0 Å². The van der Waals surface area contributed by atoms with Gasteiger partial charge in [-0.1, -0.05) is 6.07 Å². The summed E-state index contributed by atoms with van der Waals surface area (Å²) >= 11 is 5.84. The Kier molecular flexibility index (Phi) is 4.58. The fourth-order valence-electron chi connectivity index (χ4n) is 2.29. The normalized spacial score (nSPS) is 21.4. The van der Waals surface area contributed by atoms with Crippen molar-refractivity contribution in [1.82, 2.24) is 0 Å². The second-order valence-electron chi connectivity index (χ2n) is 5.47. The quantitative estimate of drug-likeness (QED) is 0.770. The van der Waals surface area contributed by atoms with Crippen LogP contribution in [-0.2, 0) is 10.6 Å². The van der Waals surface area contributed by atoms with Crippen molar-refractivity contribution in [2.24, 2.45) is 0 Å². The molecule has 0 aromatic heterocycles. The number of rotatable bonds is 5. The third kappa shape index (κ3) is 3.77. The van der Waals surface area contributed by atoms with Crippen LogP contribution < -0.4 is 9.47 Å². The van der Waals surface area contributed by atoms with E-state index >= 15 is 0 Å². The lowest BCUT2D eigenvalue weighted by Gasteiger charge is -2.20. The van der Waals surface area contributed by atoms with Gasteiger partial charge in [0.2, 0.25) is 0 Å². The first kappa shape index (κ1) is 14.5. The van der Waals surface area contributed by atoms with E-state index in [1.165, 1.54) is 0 Å². The maximum Gasteiger partial charge on any atom is 0.161 e. The summed E-state index contributed by atoms with van der Waals surface area (Å²) in [5.74, 6) is 1.92. The van der Waals surface area contributed by atoms with Crippen LogP contribution in [0.3, 0.4) is 0 Å². The molecule has 1 atom stereocenters. The average molecular weight is 285 g/mol. The highest BCUT2D eigenvalue weighted by Crippen LogP contribution is 2.32. The summed E-state index contributed by atoms with van der Waals surface area (Å²) in [6.07, 6.45) is 2.25. The van der Waals surface area contributed by atoms with Gasteiger partial charge in [0.05, 0.1) is 18.8 Å². The zero-order valence-electron chi connectivity index (χ0n) is 11.7. The maximum atomic E-state index is 5.91. The minimum Gasteiger partial charge on any atom is -0.493 e. The van der Waals surface area contributed by atoms with Gasteiger partial charge in [0.15, 0.2) is 11.5 Å². The third-order valence-electron chi connectivity index (χ3n) is 3.36. The molecule has 1 heterocycles. The zero-order chi connectivity index (χ0) is 13.9. The molecule has 1 aromatic rings. The van der Waals surface area contributed by atoms with E-state index in [9.17, 15) is 0 Å². The minimum absolute atomic E-state index is 0.0316. The molecule has 0 radical (unpaired) electrons. The number of hydrogen-bond donors (Lipinski definition) is 0. The van der Waals surface area contributed by atoms with Gasteiger partial charge in [-0.25, -0.2) is 0 Å². The first-order valence-corrected chi connectivity index (χ1v) is 7.11. The predicted octanol–water partition coefficient (Wildman–Crippen LogP) is 3.77. The molecule has 0 bridgehead atoms. The summed E-state index contributed by atoms with van der Waals surface area (Å²) in [6, 6.07) is 5.74. The van der Waals surface area contributed by atoms with E-state index in [-0.39, 0.29) is 11.7 Å². The molecular weight excluding hydrogens is 264 g/mol. The standard InChI is InChI=1S/C15H21ClO3/c1-15(2)7-6-12(19-15)10-18-14-8-11(9-16)4-5-13(14)17-3/h4-5,8,12H,6-7,9-10H2,1-3H3. The van der Waals surface area contributed by atoms with Crippen LogP contribution in [0, 0.1) is 0 Å². The summed E-state index contributed by atoms with van der Waals surface area (Å²) in [7, 11) is 1.64. The first-order chi connectivity index (χ1) is 9.04. The molecule has 1 aromatic carbocycles. The van der Waals surface area contributed by atoms with Crippen molar-refractivity contribution in [1.29, 1.82) is 0 Å². The molecule has 0 N–H and O–H groups in total. The van der Waals surface area contributed by atoms with Gasteiger partial charge in [0.25, 0.3) is 0 Å². The van der Waals surface area contributed by atoms with E-state index in [0.717, 1.165) is 29.9 Å². The van der Waals surface area contributed by atoms with E-state index < -0.39 is 0 Å². The maximum absolute atomic E-state index is 5.91. The van der Waals surface area contributed by atoms with E-state index in [0.29, 0.717) is 12.5 Å². The Hall–Kier alpha value is -0.930. The zero-order valence-corrected chi connectivity index (χ0v) is 12.5. The van der Waals surface area contributed by atoms with Crippen molar-refractivity contribution in [3.63, 3.8) is 0 Å². The Morgan fingerprint density at radius 1 is 1.37 bits per heavy atom. The SMILES string of the molecule is COc1ccc(CCl)cc1OCC1CCC(C)(C)O1. The van der Waals surface area contributed by atoms with Crippen molar-refractivity contribution in [3.05, 3.63) is 23.8 Å². The van der Waals surface area contributed by atoms with Crippen molar-refractivity contribution >= 4 is 11.6 Å². The fraction of sp³-hybridized carbons (Fsp3) is 0.600. The van der Waals surface area contributed by atoms with Crippen LogP contribution in [0.2, 0.25) is 0 Å². The van der Waals surface area contributed by atoms with Gasteiger partial charge in [0, 0.05) is 5.88 Å². The van der Waals surface area contributed by atoms with E-state index in [1.807, 2.05) is 18.2 Å². The summed E-state index contributed by atoms with van der Waals surface area (Å²) in [5.41, 5.74) is 0.987. The largest absolute Gasteiger partial charge is 0.493 e. The lowest BCUT2D eigenvalue weighted by atomic mass is 10.1. The Bertz CT molecular complexity index is 431. The topological polar surface area (TPSA) is 27.7 Å². The van der Waals surface area contributed by atoms with E-state index in [1.54, 1.807) is 7.11 Å². The molecule has 1 aliphatic heterocycles. The van der Waals surface area contributed by atoms with Gasteiger partial charge < -0.3 is 14.2 Å². The van der Waals surface area contributed by atoms with Crippen LogP contribution in [0.4, 0.5) is 0 Å². The highest BCUT2D eigenvalue weighted by atomic mass is 35.5. The molecule has 1 aliphatic rings. The number of alkyl halides is 1. The minimum atomic E-state index is -0.0316. The predicted molar refractivity (Wildman–Crippen MR) is 76.2 cm³/mol. The third-order valence-corrected chi connectivity index (χ3v) is 3.67. The second kappa shape index (κ2) is 6.02. The summed E-state index contributed by atoms with van der Waals surface area (Å²) in [5, 5.41) is 0. The van der Waals surface area contributed by atoms with Crippen molar-refractivity contribution < 1.29 is 14.2 Å². The molecule has 0 spiro atoms. The van der Waals surface area contributed by atoms with Crippen molar-refractivity contribution in [2.75, 3.05) is 13.7 Å². The highest BCUT2D eigenvalue weighted by Gasteiger charge is 2.32. The van der Waals surface area contributed by atoms with Gasteiger partial charge in [0.1, 0.15) is 6.61 Å². The monoisotopic (exact) mass is 284 g/mol. The summed E-state index contributed by atoms with van der Waals surface area (Å²) in [6.45, 7) is 4.77. The Morgan fingerprint density at radius 2 is 2.16 bits per heavy atom. The van der Waals surface area contributed by atoms with Crippen LogP contribution >= 0.6 is 11.6 Å². The van der Waals surface area contributed by atoms with Crippen LogP contribution in [-0.4, -0.2) is 25.4 Å². The molecule has 1 fully saturated rings. The number of halogens is 1. The molecule has 0 aliphatic carbocycles. The number of ether oxygens (including phenoxy) is 3. The smallest absolute Gasteiger partial charge is 0.161 e. The summed E-state index contributed by atoms with van der Waals surface area (Å²) < 4.78 is 17.0. The summed E-state index contributed by atoms with van der Waals surface area (Å²) in [4.78, 5) is 0. The van der Waals surface area contributed by atoms with Crippen LogP contribution in [0.5, 0.6) is 11.5 Å². The van der Waals surface area contributed by atoms with Crippen LogP contribution in [0.15, 0.2) is 18.2 Å². The van der Waals surface area contributed by atoms with Crippen LogP contribution in [0.1, 0.15) is 32.3 Å². The lowest BCUT2D eigenvalue weighted by molar-refractivity contribution is -0.0329. The molecular formula is C15H21ClO3. The Morgan fingerprint density at radius 3 is 2.74 bits per heavy atom. The van der Waals surface area contributed by atoms with Gasteiger partial charge >= 0.3 is 0 Å². The molecule has 0 saturated carbocycles. The van der Waals surface area contributed by atoms with E-state index in [4.69, 9.17) is 25.8 Å². The Labute approximate surface area is 119 Å². The first-order valence-electron chi connectivity index (χ1n) is 6.57.